The molecule has 0 amide bonds. The van der Waals surface area contributed by atoms with Crippen LogP contribution in [0.15, 0.2) is 18.2 Å². The largest absolute Gasteiger partial charge is 0.447 e. The molecule has 0 aromatic heterocycles. The summed E-state index contributed by atoms with van der Waals surface area (Å²) in [5.41, 5.74) is 3.97. The van der Waals surface area contributed by atoms with Crippen LogP contribution in [0.4, 0.5) is 0 Å². The predicted molar refractivity (Wildman–Crippen MR) is 67.8 cm³/mol. The van der Waals surface area contributed by atoms with Crippen molar-refractivity contribution in [3.8, 4) is 0 Å². The Morgan fingerprint density at radius 3 is 2.33 bits per heavy atom. The molecule has 0 bridgehead atoms. The number of rotatable bonds is 2. The molecule has 0 spiro atoms. The molecule has 1 aromatic carbocycles. The van der Waals surface area contributed by atoms with Crippen molar-refractivity contribution in [2.24, 2.45) is 5.41 Å². The summed E-state index contributed by atoms with van der Waals surface area (Å²) in [7, 11) is 0. The minimum Gasteiger partial charge on any atom is -0.447 e. The lowest BCUT2D eigenvalue weighted by atomic mass is 9.63. The summed E-state index contributed by atoms with van der Waals surface area (Å²) in [4.78, 5) is 0. The monoisotopic (exact) mass is 204 g/mol. The molecule has 0 fully saturated rings. The molecule has 0 saturated heterocycles. The topological polar surface area (TPSA) is 20.2 Å². The number of hydrogen-bond donors (Lipinski definition) is 1. The molecule has 0 aliphatic carbocycles. The first kappa shape index (κ1) is 12.3. The summed E-state index contributed by atoms with van der Waals surface area (Å²) in [5, 5.41) is 9.54. The van der Waals surface area contributed by atoms with Gasteiger partial charge in [-0.05, 0) is 35.3 Å². The van der Waals surface area contributed by atoms with Crippen LogP contribution in [0.3, 0.4) is 0 Å². The number of benzene rings is 1. The van der Waals surface area contributed by atoms with Gasteiger partial charge in [-0.1, -0.05) is 45.8 Å². The molecule has 1 aromatic rings. The van der Waals surface area contributed by atoms with Crippen molar-refractivity contribution < 1.29 is 5.02 Å². The zero-order valence-electron chi connectivity index (χ0n) is 10.5. The van der Waals surface area contributed by atoms with Gasteiger partial charge in [0.2, 0.25) is 0 Å². The van der Waals surface area contributed by atoms with E-state index in [0.717, 1.165) is 11.9 Å². The first-order valence-electron chi connectivity index (χ1n) is 5.57. The Bertz CT molecular complexity index is 337. The summed E-state index contributed by atoms with van der Waals surface area (Å²) < 4.78 is 0. The zero-order chi connectivity index (χ0) is 11.6. The Kier molecular flexibility index (Phi) is 3.61. The molecule has 1 N–H and O–H groups in total. The number of hydrogen-bond acceptors (Lipinski definition) is 1. The van der Waals surface area contributed by atoms with E-state index < -0.39 is 0 Å². The average molecular weight is 204 g/mol. The van der Waals surface area contributed by atoms with Crippen molar-refractivity contribution in [1.29, 1.82) is 0 Å². The van der Waals surface area contributed by atoms with E-state index in [2.05, 4.69) is 39.8 Å². The minimum atomic E-state index is -0.371. The Labute approximate surface area is 93.6 Å². The molecule has 0 atom stereocenters. The van der Waals surface area contributed by atoms with Gasteiger partial charge in [0, 0.05) is 0 Å². The van der Waals surface area contributed by atoms with E-state index in [9.17, 15) is 5.02 Å². The van der Waals surface area contributed by atoms with Crippen LogP contribution in [0.5, 0.6) is 0 Å². The van der Waals surface area contributed by atoms with Gasteiger partial charge in [0.15, 0.2) is 0 Å². The molecule has 15 heavy (non-hydrogen) atoms. The van der Waals surface area contributed by atoms with E-state index in [1.807, 2.05) is 12.9 Å². The van der Waals surface area contributed by atoms with Crippen molar-refractivity contribution >= 4 is 12.4 Å². The van der Waals surface area contributed by atoms with Gasteiger partial charge in [0.1, 0.15) is 0 Å². The highest BCUT2D eigenvalue weighted by atomic mass is 16.2. The molecule has 1 nitrogen and oxygen atoms in total. The summed E-state index contributed by atoms with van der Waals surface area (Å²) in [6.45, 7) is 10.3. The predicted octanol–water partition coefficient (Wildman–Crippen LogP) is 2.40. The van der Waals surface area contributed by atoms with Crippen molar-refractivity contribution in [3.05, 3.63) is 29.3 Å². The molecule has 0 aliphatic heterocycles. The first-order chi connectivity index (χ1) is 6.79. The quantitative estimate of drug-likeness (QED) is 0.733. The Balaban J connectivity index is 3.01. The van der Waals surface area contributed by atoms with Gasteiger partial charge in [0.25, 0.3) is 0 Å². The van der Waals surface area contributed by atoms with Crippen molar-refractivity contribution in [2.45, 2.75) is 40.9 Å². The van der Waals surface area contributed by atoms with Crippen molar-refractivity contribution in [3.63, 3.8) is 0 Å². The van der Waals surface area contributed by atoms with Gasteiger partial charge in [-0.15, -0.1) is 0 Å². The van der Waals surface area contributed by atoms with Crippen LogP contribution in [0, 0.1) is 12.3 Å². The third-order valence-corrected chi connectivity index (χ3v) is 2.58. The second-order valence-electron chi connectivity index (χ2n) is 5.60. The Morgan fingerprint density at radius 1 is 1.27 bits per heavy atom. The van der Waals surface area contributed by atoms with E-state index >= 15 is 0 Å². The third kappa shape index (κ3) is 3.71. The van der Waals surface area contributed by atoms with Crippen molar-refractivity contribution in [2.75, 3.05) is 0 Å². The van der Waals surface area contributed by atoms with E-state index in [-0.39, 0.29) is 6.92 Å². The van der Waals surface area contributed by atoms with Crippen LogP contribution < -0.4 is 5.46 Å². The molecule has 0 heterocycles. The fraction of sp³-hybridized carbons (Fsp3) is 0.538. The van der Waals surface area contributed by atoms with Gasteiger partial charge in [-0.3, -0.25) is 0 Å². The van der Waals surface area contributed by atoms with Crippen LogP contribution in [0.1, 0.15) is 31.9 Å². The first-order valence-corrected chi connectivity index (χ1v) is 5.57. The second-order valence-corrected chi connectivity index (χ2v) is 5.60. The van der Waals surface area contributed by atoms with E-state index in [4.69, 9.17) is 0 Å². The van der Waals surface area contributed by atoms with E-state index in [1.54, 1.807) is 0 Å². The van der Waals surface area contributed by atoms with Crippen molar-refractivity contribution in [1.82, 2.24) is 0 Å². The minimum absolute atomic E-state index is 0.294. The van der Waals surface area contributed by atoms with E-state index in [0.29, 0.717) is 5.41 Å². The lowest BCUT2D eigenvalue weighted by Crippen LogP contribution is -2.27. The fourth-order valence-corrected chi connectivity index (χ4v) is 1.71. The smallest absolute Gasteiger partial charge is 0.320 e. The Hall–Kier alpha value is -0.755. The maximum absolute atomic E-state index is 9.54. The molecule has 82 valence electrons. The molecule has 2 heteroatoms. The molecular weight excluding hydrogens is 183 g/mol. The van der Waals surface area contributed by atoms with E-state index in [1.165, 1.54) is 11.1 Å². The van der Waals surface area contributed by atoms with Gasteiger partial charge in [-0.25, -0.2) is 0 Å². The summed E-state index contributed by atoms with van der Waals surface area (Å²) in [6.07, 6.45) is 1.05. The van der Waals surface area contributed by atoms with Gasteiger partial charge in [0.05, 0.1) is 0 Å². The Morgan fingerprint density at radius 2 is 1.87 bits per heavy atom. The van der Waals surface area contributed by atoms with Gasteiger partial charge < -0.3 is 5.02 Å². The molecule has 0 unspecified atom stereocenters. The maximum Gasteiger partial charge on any atom is 0.320 e. The molecular formula is C13H21BO. The molecule has 1 rings (SSSR count). The summed E-state index contributed by atoms with van der Waals surface area (Å²) in [5.74, 6) is 0. The zero-order valence-corrected chi connectivity index (χ0v) is 10.5. The average Bonchev–Trinajstić information content (AvgIpc) is 2.06. The SMILES string of the molecule is CB(O)c1ccc(C)c(CC(C)(C)C)c1. The lowest BCUT2D eigenvalue weighted by molar-refractivity contribution is 0.410. The summed E-state index contributed by atoms with van der Waals surface area (Å²) in [6, 6.07) is 6.24. The fourth-order valence-electron chi connectivity index (χ4n) is 1.71. The van der Waals surface area contributed by atoms with Crippen LogP contribution in [0.2, 0.25) is 6.82 Å². The molecule has 0 aliphatic rings. The number of aryl methyl sites for hydroxylation is 1. The van der Waals surface area contributed by atoms with Crippen LogP contribution in [-0.4, -0.2) is 11.9 Å². The maximum atomic E-state index is 9.54. The summed E-state index contributed by atoms with van der Waals surface area (Å²) >= 11 is 0. The molecule has 0 saturated carbocycles. The standard InChI is InChI=1S/C13H21BO/c1-10-6-7-12(14(5)15)8-11(10)9-13(2,3)4/h6-8,15H,9H2,1-5H3. The second kappa shape index (κ2) is 4.40. The lowest BCUT2D eigenvalue weighted by Gasteiger charge is -2.20. The van der Waals surface area contributed by atoms with Crippen LogP contribution in [-0.2, 0) is 6.42 Å². The highest BCUT2D eigenvalue weighted by molar-refractivity contribution is 6.64. The molecule has 0 radical (unpaired) electrons. The normalized spacial score (nSPS) is 11.6. The van der Waals surface area contributed by atoms with Gasteiger partial charge in [-0.2, -0.15) is 0 Å². The van der Waals surface area contributed by atoms with Crippen LogP contribution >= 0.6 is 0 Å². The highest BCUT2D eigenvalue weighted by Crippen LogP contribution is 2.22. The van der Waals surface area contributed by atoms with Gasteiger partial charge >= 0.3 is 6.92 Å². The van der Waals surface area contributed by atoms with Crippen LogP contribution in [0.25, 0.3) is 0 Å². The third-order valence-electron chi connectivity index (χ3n) is 2.58. The highest BCUT2D eigenvalue weighted by Gasteiger charge is 2.15.